The van der Waals surface area contributed by atoms with Gasteiger partial charge in [-0.3, -0.25) is 33.6 Å². The number of amides is 6. The summed E-state index contributed by atoms with van der Waals surface area (Å²) in [7, 11) is 1.71. The molecule has 0 aromatic heterocycles. The van der Waals surface area contributed by atoms with Gasteiger partial charge in [0.15, 0.2) is 0 Å². The van der Waals surface area contributed by atoms with Crippen LogP contribution in [0.1, 0.15) is 156 Å². The molecule has 0 radical (unpaired) electrons. The minimum Gasteiger partial charge on any atom is -0.347 e. The van der Waals surface area contributed by atoms with Crippen LogP contribution in [-0.2, 0) is 49.8 Å². The van der Waals surface area contributed by atoms with E-state index in [-0.39, 0.29) is 79.3 Å². The van der Waals surface area contributed by atoms with Crippen LogP contribution in [0.25, 0.3) is 10.8 Å². The molecule has 14 heteroatoms. The Labute approximate surface area is 485 Å². The second kappa shape index (κ2) is 25.9. The van der Waals surface area contributed by atoms with Crippen LogP contribution in [0.3, 0.4) is 0 Å². The molecule has 5 aromatic rings. The first-order chi connectivity index (χ1) is 38.9. The monoisotopic (exact) mass is 1110 g/mol. The van der Waals surface area contributed by atoms with Gasteiger partial charge in [0.1, 0.15) is 17.9 Å². The highest BCUT2D eigenvalue weighted by atomic mass is 16.2. The summed E-state index contributed by atoms with van der Waals surface area (Å²) in [6.07, 6.45) is 4.41. The summed E-state index contributed by atoms with van der Waals surface area (Å²) in [6, 6.07) is 33.5. The van der Waals surface area contributed by atoms with Crippen LogP contribution in [0, 0.1) is 22.7 Å². The predicted octanol–water partition coefficient (Wildman–Crippen LogP) is 9.57. The van der Waals surface area contributed by atoms with Crippen LogP contribution in [0.4, 0.5) is 0 Å². The van der Waals surface area contributed by atoms with Gasteiger partial charge in [0, 0.05) is 61.1 Å². The largest absolute Gasteiger partial charge is 0.347 e. The Morgan fingerprint density at radius 1 is 0.707 bits per heavy atom. The van der Waals surface area contributed by atoms with Crippen LogP contribution < -0.4 is 21.3 Å². The zero-order chi connectivity index (χ0) is 59.2. The highest BCUT2D eigenvalue weighted by Crippen LogP contribution is 2.36. The fourth-order valence-corrected chi connectivity index (χ4v) is 12.1. The van der Waals surface area contributed by atoms with Crippen molar-refractivity contribution >= 4 is 52.0 Å². The Kier molecular flexibility index (Phi) is 19.3. The van der Waals surface area contributed by atoms with Crippen LogP contribution in [0.15, 0.2) is 115 Å². The zero-order valence-electron chi connectivity index (χ0n) is 50.1. The number of hydrogen-bond acceptors (Lipinski definition) is 8. The van der Waals surface area contributed by atoms with Crippen LogP contribution in [-0.4, -0.2) is 112 Å². The normalized spacial score (nSPS) is 19.8. The van der Waals surface area contributed by atoms with Crippen molar-refractivity contribution in [3.63, 3.8) is 0 Å². The zero-order valence-corrected chi connectivity index (χ0v) is 50.1. The van der Waals surface area contributed by atoms with E-state index in [9.17, 15) is 24.0 Å². The van der Waals surface area contributed by atoms with Crippen LogP contribution in [0.2, 0.25) is 0 Å². The standard InChI is InChI=1S/C68H87N7O7/c1-12-42(2)61(77)72-60(68(8,9)10)66(82)74-39-52-24-16-15-23-51(52)36-54(74)41-73(43(3)34-45-28-29-46-20-13-14-22-50(46)35-45)64(80)49-32-30-48(31-33-49)62(78)70-53-37-58(63(79)71-57-27-19-25-47-21-17-18-26-55(47)57)75(40-53)65(81)56(67(5,6)7)38-59(76)44(4)69-11/h13-18,20-24,26,28-33,35,42-44,53-54,56-58,60,69H,12,19,25,27,34,36-41H2,1-11H3,(H,70,78)(H,71,79)(H,72,77)/t42-,43-,44+,53+,54+,56-,57-,58+,60-/m1/s1. The van der Waals surface area contributed by atoms with Crippen molar-refractivity contribution in [2.24, 2.45) is 22.7 Å². The Hall–Kier alpha value is -7.19. The van der Waals surface area contributed by atoms with E-state index >= 15 is 9.59 Å². The molecule has 3 aliphatic rings. The van der Waals surface area contributed by atoms with Crippen molar-refractivity contribution in [2.45, 2.75) is 169 Å². The van der Waals surface area contributed by atoms with E-state index in [0.29, 0.717) is 36.9 Å². The van der Waals surface area contributed by atoms with E-state index in [2.05, 4.69) is 63.7 Å². The summed E-state index contributed by atoms with van der Waals surface area (Å²) < 4.78 is 0. The minimum atomic E-state index is -0.900. The van der Waals surface area contributed by atoms with Gasteiger partial charge in [-0.2, -0.15) is 0 Å². The first-order valence-electron chi connectivity index (χ1n) is 29.7. The quantitative estimate of drug-likeness (QED) is 0.0632. The van der Waals surface area contributed by atoms with Gasteiger partial charge >= 0.3 is 0 Å². The topological polar surface area (TPSA) is 177 Å². The Bertz CT molecular complexity index is 3140. The van der Waals surface area contributed by atoms with E-state index in [1.54, 1.807) is 43.1 Å². The van der Waals surface area contributed by atoms with Gasteiger partial charge < -0.3 is 36.0 Å². The van der Waals surface area contributed by atoms with Crippen LogP contribution >= 0.6 is 0 Å². The van der Waals surface area contributed by atoms with Crippen molar-refractivity contribution < 1.29 is 33.6 Å². The molecule has 0 saturated carbocycles. The van der Waals surface area contributed by atoms with E-state index in [1.165, 1.54) is 5.56 Å². The van der Waals surface area contributed by atoms with E-state index in [0.717, 1.165) is 52.3 Å². The fourth-order valence-electron chi connectivity index (χ4n) is 12.1. The smallest absolute Gasteiger partial charge is 0.254 e. The molecule has 436 valence electrons. The number of likely N-dealkylation sites (N-methyl/N-ethyl adjacent to an activating group) is 1. The number of aryl methyl sites for hydroxylation is 1. The number of Topliss-reactive ketones (excluding diaryl/α,β-unsaturated/α-hetero) is 1. The third-order valence-corrected chi connectivity index (χ3v) is 17.6. The minimum absolute atomic E-state index is 0.00621. The van der Waals surface area contributed by atoms with Crippen molar-refractivity contribution in [3.8, 4) is 0 Å². The van der Waals surface area contributed by atoms with Gasteiger partial charge in [-0.25, -0.2) is 0 Å². The summed E-state index contributed by atoms with van der Waals surface area (Å²) in [5.74, 6) is -2.78. The van der Waals surface area contributed by atoms with Crippen molar-refractivity contribution in [1.82, 2.24) is 36.0 Å². The number of rotatable bonds is 19. The van der Waals surface area contributed by atoms with Gasteiger partial charge in [0.2, 0.25) is 23.6 Å². The molecule has 2 heterocycles. The molecule has 0 unspecified atom stereocenters. The Balaban J connectivity index is 1.06. The summed E-state index contributed by atoms with van der Waals surface area (Å²) in [6.45, 7) is 19.9. The fraction of sp³-hybridized carbons (Fsp3) is 0.485. The summed E-state index contributed by atoms with van der Waals surface area (Å²) in [5.41, 5.74) is 4.84. The van der Waals surface area contributed by atoms with Gasteiger partial charge in [0.25, 0.3) is 11.8 Å². The number of fused-ring (bicyclic) bond motifs is 3. The summed E-state index contributed by atoms with van der Waals surface area (Å²) >= 11 is 0. The number of nitrogens with one attached hydrogen (secondary N) is 4. The predicted molar refractivity (Wildman–Crippen MR) is 323 cm³/mol. The molecule has 5 aromatic carbocycles. The first-order valence-corrected chi connectivity index (χ1v) is 29.7. The lowest BCUT2D eigenvalue weighted by molar-refractivity contribution is -0.146. The van der Waals surface area contributed by atoms with Gasteiger partial charge in [-0.05, 0) is 140 Å². The molecule has 1 saturated heterocycles. The maximum atomic E-state index is 15.3. The molecule has 14 nitrogen and oxygen atoms in total. The molecule has 0 spiro atoms. The molecule has 0 bridgehead atoms. The number of hydrogen-bond donors (Lipinski definition) is 4. The van der Waals surface area contributed by atoms with Gasteiger partial charge in [0.05, 0.1) is 18.1 Å². The van der Waals surface area contributed by atoms with E-state index in [4.69, 9.17) is 0 Å². The number of benzene rings is 5. The summed E-state index contributed by atoms with van der Waals surface area (Å²) in [5, 5.41) is 14.7. The maximum absolute atomic E-state index is 15.3. The lowest BCUT2D eigenvalue weighted by Gasteiger charge is -2.44. The molecule has 82 heavy (non-hydrogen) atoms. The average Bonchev–Trinajstić information content (AvgIpc) is 3.68. The van der Waals surface area contributed by atoms with Crippen LogP contribution in [0.5, 0.6) is 0 Å². The highest BCUT2D eigenvalue weighted by molar-refractivity contribution is 5.99. The second-order valence-corrected chi connectivity index (χ2v) is 25.6. The molecule has 1 aliphatic carbocycles. The number of carbonyl (C=O) groups is 7. The second-order valence-electron chi connectivity index (χ2n) is 25.6. The van der Waals surface area contributed by atoms with Crippen molar-refractivity contribution in [3.05, 3.63) is 154 Å². The molecule has 1 fully saturated rings. The van der Waals surface area contributed by atoms with Crippen molar-refractivity contribution in [2.75, 3.05) is 20.1 Å². The highest BCUT2D eigenvalue weighted by Gasteiger charge is 2.47. The molecule has 4 N–H and O–H groups in total. The SMILES string of the molecule is CC[C@@H](C)C(=O)N[C@H](C(=O)N1Cc2ccccc2C[C@H]1CN(C(=O)c1ccc(C(=O)N[C@H]2C[C@@H](C(=O)N[C@@H]3CCCc4ccccc43)N(C(=O)[C@@H](CC(=O)[C@H](C)NC)C(C)(C)C)C2)cc1)[C@H](C)Cc1ccc2ccccc2c1)C(C)(C)C. The maximum Gasteiger partial charge on any atom is 0.254 e. The molecule has 9 atom stereocenters. The Morgan fingerprint density at radius 3 is 2.02 bits per heavy atom. The average molecular weight is 1110 g/mol. The molecular formula is C68H87N7O7. The van der Waals surface area contributed by atoms with Gasteiger partial charge in [-0.1, -0.05) is 146 Å². The van der Waals surface area contributed by atoms with E-state index < -0.39 is 52.9 Å². The number of likely N-dealkylation sites (tertiary alicyclic amines) is 1. The van der Waals surface area contributed by atoms with Crippen molar-refractivity contribution in [1.29, 1.82) is 0 Å². The number of ketones is 1. The number of nitrogens with zero attached hydrogens (tertiary/aromatic N) is 3. The van der Waals surface area contributed by atoms with E-state index in [1.807, 2.05) is 121 Å². The molecule has 6 amide bonds. The molecule has 2 aliphatic heterocycles. The third-order valence-electron chi connectivity index (χ3n) is 17.6. The first kappa shape index (κ1) is 60.9. The Morgan fingerprint density at radius 2 is 1.35 bits per heavy atom. The molecule has 8 rings (SSSR count). The third kappa shape index (κ3) is 14.2. The lowest BCUT2D eigenvalue weighted by Crippen LogP contribution is -2.60. The van der Waals surface area contributed by atoms with Gasteiger partial charge in [-0.15, -0.1) is 0 Å². The summed E-state index contributed by atoms with van der Waals surface area (Å²) in [4.78, 5) is 106. The lowest BCUT2D eigenvalue weighted by atomic mass is 9.76. The molecular weight excluding hydrogens is 1030 g/mol. The number of carbonyl (C=O) groups excluding carboxylic acids is 7.